The first-order valence-corrected chi connectivity index (χ1v) is 2.60. The maximum Gasteiger partial charge on any atom is 0.303 e. The Morgan fingerprint density at radius 2 is 2.00 bits per heavy atom. The predicted octanol–water partition coefficient (Wildman–Crippen LogP) is 1.35. The van der Waals surface area contributed by atoms with E-state index in [1.807, 2.05) is 6.92 Å². The lowest BCUT2D eigenvalue weighted by Crippen LogP contribution is -1.90. The van der Waals surface area contributed by atoms with E-state index in [0.717, 1.165) is 6.42 Å². The van der Waals surface area contributed by atoms with Crippen LogP contribution in [0.5, 0.6) is 0 Å². The molecule has 4 heteroatoms. The molecule has 0 saturated heterocycles. The molecule has 0 aliphatic carbocycles. The highest BCUT2D eigenvalue weighted by molar-refractivity contribution is 7.00. The van der Waals surface area contributed by atoms with E-state index < -0.39 is 5.97 Å². The maximum absolute atomic E-state index is 9.60. The van der Waals surface area contributed by atoms with Crippen molar-refractivity contribution >= 4 is 15.1 Å². The lowest BCUT2D eigenvalue weighted by atomic mass is 10.4. The van der Waals surface area contributed by atoms with Gasteiger partial charge >= 0.3 is 5.97 Å². The second-order valence-corrected chi connectivity index (χ2v) is 1.14. The number of rotatable bonds is 2. The minimum absolute atomic E-state index is 0.292. The van der Waals surface area contributed by atoms with E-state index in [9.17, 15) is 4.79 Å². The van der Waals surface area contributed by atoms with Crippen LogP contribution >= 0.6 is 9.12 Å². The third kappa shape index (κ3) is 17.6. The Kier molecular flexibility index (Phi) is 12.8. The average molecular weight is 136 g/mol. The first-order chi connectivity index (χ1) is 3.77. The van der Waals surface area contributed by atoms with Crippen molar-refractivity contribution in [2.75, 3.05) is 0 Å². The molecule has 0 radical (unpaired) electrons. The molecule has 0 bridgehead atoms. The smallest absolute Gasteiger partial charge is 0.303 e. The number of carboxylic acid groups (broad SMARTS) is 1. The summed E-state index contributed by atoms with van der Waals surface area (Å²) in [5, 5.41) is 7.91. The van der Waals surface area contributed by atoms with Crippen LogP contribution in [-0.4, -0.2) is 11.1 Å². The number of hydrogen-bond acceptors (Lipinski definition) is 2. The minimum atomic E-state index is -0.711. The van der Waals surface area contributed by atoms with Crippen LogP contribution in [0.4, 0.5) is 0 Å². The van der Waals surface area contributed by atoms with Crippen LogP contribution in [0.2, 0.25) is 0 Å². The van der Waals surface area contributed by atoms with Crippen LogP contribution in [0.15, 0.2) is 0 Å². The summed E-state index contributed by atoms with van der Waals surface area (Å²) in [6.45, 7) is 1.84. The van der Waals surface area contributed by atoms with E-state index in [1.165, 1.54) is 0 Å². The largest absolute Gasteiger partial charge is 0.481 e. The Morgan fingerprint density at radius 1 is 1.62 bits per heavy atom. The van der Waals surface area contributed by atoms with Gasteiger partial charge in [-0.2, -0.15) is 0 Å². The first-order valence-electron chi connectivity index (χ1n) is 2.19. The SMILES string of the molecule is CCCC(=O)O.O=P. The standard InChI is InChI=1S/C4H8O2.HOP/c1-2-3-4(5)6;1-2/h2-3H2,1H3,(H,5,6);2H. The zero-order chi connectivity index (χ0) is 6.99. The van der Waals surface area contributed by atoms with Gasteiger partial charge in [0.05, 0.1) is 0 Å². The molecule has 1 N–H and O–H groups in total. The fraction of sp³-hybridized carbons (Fsp3) is 0.750. The highest BCUT2D eigenvalue weighted by Crippen LogP contribution is 1.82. The van der Waals surface area contributed by atoms with Gasteiger partial charge in [-0.05, 0) is 6.42 Å². The molecule has 0 spiro atoms. The fourth-order valence-corrected chi connectivity index (χ4v) is 0.214. The quantitative estimate of drug-likeness (QED) is 0.583. The second-order valence-electron chi connectivity index (χ2n) is 1.14. The van der Waals surface area contributed by atoms with Gasteiger partial charge in [-0.25, -0.2) is 0 Å². The lowest BCUT2D eigenvalue weighted by Gasteiger charge is -1.79. The van der Waals surface area contributed by atoms with Crippen molar-refractivity contribution in [3.63, 3.8) is 0 Å². The average Bonchev–Trinajstić information content (AvgIpc) is 1.72. The molecule has 0 aliphatic heterocycles. The van der Waals surface area contributed by atoms with E-state index >= 15 is 0 Å². The van der Waals surface area contributed by atoms with Crippen molar-refractivity contribution in [1.29, 1.82) is 0 Å². The summed E-state index contributed by atoms with van der Waals surface area (Å²) in [5.74, 6) is -0.711. The van der Waals surface area contributed by atoms with E-state index in [0.29, 0.717) is 6.42 Å². The van der Waals surface area contributed by atoms with Gasteiger partial charge in [0.2, 0.25) is 0 Å². The fourth-order valence-electron chi connectivity index (χ4n) is 0.214. The third-order valence-corrected chi connectivity index (χ3v) is 0.464. The minimum Gasteiger partial charge on any atom is -0.481 e. The summed E-state index contributed by atoms with van der Waals surface area (Å²) in [6, 6.07) is 0. The van der Waals surface area contributed by atoms with Gasteiger partial charge in [-0.15, -0.1) is 0 Å². The molecule has 0 aromatic heterocycles. The van der Waals surface area contributed by atoms with Gasteiger partial charge < -0.3 is 5.11 Å². The van der Waals surface area contributed by atoms with Crippen molar-refractivity contribution in [2.24, 2.45) is 0 Å². The summed E-state index contributed by atoms with van der Waals surface area (Å²) in [7, 11) is 1.72. The van der Waals surface area contributed by atoms with Crippen molar-refractivity contribution in [3.8, 4) is 0 Å². The van der Waals surface area contributed by atoms with E-state index in [1.54, 1.807) is 9.12 Å². The summed E-state index contributed by atoms with van der Waals surface area (Å²) in [6.07, 6.45) is 1.02. The van der Waals surface area contributed by atoms with Crippen LogP contribution in [0, 0.1) is 0 Å². The Labute approximate surface area is 50.3 Å². The topological polar surface area (TPSA) is 54.4 Å². The molecule has 0 heterocycles. The Morgan fingerprint density at radius 3 is 2.00 bits per heavy atom. The van der Waals surface area contributed by atoms with Gasteiger partial charge in [0, 0.05) is 6.42 Å². The van der Waals surface area contributed by atoms with Gasteiger partial charge in [0.25, 0.3) is 0 Å². The molecule has 0 aromatic carbocycles. The van der Waals surface area contributed by atoms with E-state index in [4.69, 9.17) is 9.67 Å². The molecule has 8 heavy (non-hydrogen) atoms. The van der Waals surface area contributed by atoms with Gasteiger partial charge in [-0.1, -0.05) is 6.92 Å². The Hall–Kier alpha value is -0.430. The van der Waals surface area contributed by atoms with Gasteiger partial charge in [0.1, 0.15) is 9.12 Å². The monoisotopic (exact) mass is 136 g/mol. The predicted molar refractivity (Wildman–Crippen MR) is 31.5 cm³/mol. The zero-order valence-corrected chi connectivity index (χ0v) is 5.68. The second kappa shape index (κ2) is 9.76. The molecule has 0 atom stereocenters. The van der Waals surface area contributed by atoms with Crippen molar-refractivity contribution in [3.05, 3.63) is 0 Å². The van der Waals surface area contributed by atoms with Crippen LogP contribution < -0.4 is 0 Å². The van der Waals surface area contributed by atoms with Gasteiger partial charge in [0.15, 0.2) is 0 Å². The summed E-state index contributed by atoms with van der Waals surface area (Å²) >= 11 is 0. The summed E-state index contributed by atoms with van der Waals surface area (Å²) in [5.41, 5.74) is 0. The van der Waals surface area contributed by atoms with Crippen LogP contribution in [0.1, 0.15) is 19.8 Å². The van der Waals surface area contributed by atoms with Crippen molar-refractivity contribution in [1.82, 2.24) is 0 Å². The van der Waals surface area contributed by atoms with Crippen LogP contribution in [0.3, 0.4) is 0 Å². The highest BCUT2D eigenvalue weighted by Gasteiger charge is 1.87. The molecular formula is C4H9O3P. The molecule has 3 nitrogen and oxygen atoms in total. The summed E-state index contributed by atoms with van der Waals surface area (Å²) < 4.78 is 8.06. The number of hydrogen-bond donors (Lipinski definition) is 1. The first kappa shape index (κ1) is 10.5. The molecule has 0 amide bonds. The maximum atomic E-state index is 9.60. The molecule has 0 saturated carbocycles. The number of carbonyl (C=O) groups is 1. The molecule has 0 rings (SSSR count). The number of carboxylic acids is 1. The number of aliphatic carboxylic acids is 1. The molecule has 0 aromatic rings. The molecule has 48 valence electrons. The summed E-state index contributed by atoms with van der Waals surface area (Å²) in [4.78, 5) is 9.60. The Balaban J connectivity index is 0. The van der Waals surface area contributed by atoms with Crippen molar-refractivity contribution < 1.29 is 14.5 Å². The molecule has 0 aliphatic rings. The zero-order valence-electron chi connectivity index (χ0n) is 4.68. The molecular weight excluding hydrogens is 127 g/mol. The highest BCUT2D eigenvalue weighted by atomic mass is 31.0. The van der Waals surface area contributed by atoms with Crippen LogP contribution in [0.25, 0.3) is 0 Å². The van der Waals surface area contributed by atoms with Crippen LogP contribution in [-0.2, 0) is 9.36 Å². The molecule has 0 fully saturated rings. The molecule has 0 unspecified atom stereocenters. The van der Waals surface area contributed by atoms with E-state index in [-0.39, 0.29) is 0 Å². The lowest BCUT2D eigenvalue weighted by molar-refractivity contribution is -0.137. The van der Waals surface area contributed by atoms with Gasteiger partial charge in [-0.3, -0.25) is 9.36 Å². The third-order valence-electron chi connectivity index (χ3n) is 0.464. The Bertz CT molecular complexity index is 64.3. The normalized spacial score (nSPS) is 6.62. The van der Waals surface area contributed by atoms with Crippen molar-refractivity contribution in [2.45, 2.75) is 19.8 Å². The van der Waals surface area contributed by atoms with E-state index in [2.05, 4.69) is 0 Å².